The van der Waals surface area contributed by atoms with Crippen molar-refractivity contribution >= 4 is 15.8 Å². The third-order valence-electron chi connectivity index (χ3n) is 5.07. The molecule has 0 aromatic heterocycles. The van der Waals surface area contributed by atoms with Crippen molar-refractivity contribution in [3.8, 4) is 0 Å². The summed E-state index contributed by atoms with van der Waals surface area (Å²) in [6, 6.07) is 6.93. The molecule has 5 nitrogen and oxygen atoms in total. The highest BCUT2D eigenvalue weighted by molar-refractivity contribution is 7.91. The average Bonchev–Trinajstić information content (AvgIpc) is 3.28. The lowest BCUT2D eigenvalue weighted by Gasteiger charge is -2.17. The standard InChI is InChI=1S/C18H26FN3O2S/c1-2-20-17(21-11-14-7-10-25(23,24)12-14)22-13-18(8-9-18)15-5-3-4-6-16(15)19/h3-6,14H,2,7-13H2,1H3,(H2,20,21,22). The predicted molar refractivity (Wildman–Crippen MR) is 98.1 cm³/mol. The van der Waals surface area contributed by atoms with Gasteiger partial charge in [0.05, 0.1) is 18.1 Å². The van der Waals surface area contributed by atoms with E-state index in [0.717, 1.165) is 24.9 Å². The van der Waals surface area contributed by atoms with Crippen molar-refractivity contribution in [2.45, 2.75) is 31.6 Å². The molecule has 1 saturated carbocycles. The number of halogens is 1. The molecule has 7 heteroatoms. The molecule has 138 valence electrons. The SMILES string of the molecule is CCNC(=NCC1(c2ccccc2F)CC1)NCC1CCS(=O)(=O)C1. The maximum atomic E-state index is 14.1. The van der Waals surface area contributed by atoms with Gasteiger partial charge >= 0.3 is 0 Å². The molecule has 1 saturated heterocycles. The monoisotopic (exact) mass is 367 g/mol. The van der Waals surface area contributed by atoms with Crippen LogP contribution in [-0.2, 0) is 15.3 Å². The van der Waals surface area contributed by atoms with Crippen molar-refractivity contribution in [1.29, 1.82) is 0 Å². The number of hydrogen-bond donors (Lipinski definition) is 2. The van der Waals surface area contributed by atoms with Gasteiger partial charge in [-0.25, -0.2) is 12.8 Å². The summed E-state index contributed by atoms with van der Waals surface area (Å²) < 4.78 is 37.2. The Bertz CT molecular complexity index is 744. The van der Waals surface area contributed by atoms with Gasteiger partial charge in [0.15, 0.2) is 15.8 Å². The van der Waals surface area contributed by atoms with E-state index in [2.05, 4.69) is 15.6 Å². The third kappa shape index (κ3) is 4.51. The number of aliphatic imine (C=N–C) groups is 1. The van der Waals surface area contributed by atoms with Gasteiger partial charge in [-0.1, -0.05) is 18.2 Å². The van der Waals surface area contributed by atoms with E-state index >= 15 is 0 Å². The highest BCUT2D eigenvalue weighted by Gasteiger charge is 2.45. The van der Waals surface area contributed by atoms with E-state index in [1.807, 2.05) is 19.1 Å². The summed E-state index contributed by atoms with van der Waals surface area (Å²) in [6.45, 7) is 3.84. The lowest BCUT2D eigenvalue weighted by molar-refractivity contribution is 0.561. The number of nitrogens with zero attached hydrogens (tertiary/aromatic N) is 1. The maximum absolute atomic E-state index is 14.1. The van der Waals surface area contributed by atoms with Gasteiger partial charge in [0.1, 0.15) is 5.82 Å². The van der Waals surface area contributed by atoms with Gasteiger partial charge in [-0.05, 0) is 43.7 Å². The van der Waals surface area contributed by atoms with Crippen LogP contribution in [-0.4, -0.2) is 45.5 Å². The Balaban J connectivity index is 1.62. The van der Waals surface area contributed by atoms with Crippen molar-refractivity contribution < 1.29 is 12.8 Å². The van der Waals surface area contributed by atoms with Crippen molar-refractivity contribution in [1.82, 2.24) is 10.6 Å². The molecule has 1 unspecified atom stereocenters. The van der Waals surface area contributed by atoms with Gasteiger partial charge in [0, 0.05) is 18.5 Å². The molecule has 1 aromatic rings. The van der Waals surface area contributed by atoms with Crippen LogP contribution < -0.4 is 10.6 Å². The van der Waals surface area contributed by atoms with Crippen LogP contribution in [0.5, 0.6) is 0 Å². The number of guanidine groups is 1. The Morgan fingerprint density at radius 2 is 2.08 bits per heavy atom. The Morgan fingerprint density at radius 1 is 1.32 bits per heavy atom. The average molecular weight is 367 g/mol. The molecule has 0 amide bonds. The smallest absolute Gasteiger partial charge is 0.191 e. The fraction of sp³-hybridized carbons (Fsp3) is 0.611. The van der Waals surface area contributed by atoms with Crippen molar-refractivity contribution in [2.24, 2.45) is 10.9 Å². The minimum Gasteiger partial charge on any atom is -0.357 e. The number of benzene rings is 1. The van der Waals surface area contributed by atoms with E-state index in [-0.39, 0.29) is 28.7 Å². The third-order valence-corrected chi connectivity index (χ3v) is 6.90. The maximum Gasteiger partial charge on any atom is 0.191 e. The van der Waals surface area contributed by atoms with E-state index in [1.165, 1.54) is 6.07 Å². The lowest BCUT2D eigenvalue weighted by Crippen LogP contribution is -2.40. The van der Waals surface area contributed by atoms with Crippen LogP contribution in [0.25, 0.3) is 0 Å². The highest BCUT2D eigenvalue weighted by Crippen LogP contribution is 2.49. The molecule has 2 fully saturated rings. The van der Waals surface area contributed by atoms with Gasteiger partial charge in [-0.2, -0.15) is 0 Å². The molecule has 1 aromatic carbocycles. The second-order valence-electron chi connectivity index (χ2n) is 7.11. The van der Waals surface area contributed by atoms with Crippen LogP contribution in [0.1, 0.15) is 31.7 Å². The van der Waals surface area contributed by atoms with Crippen LogP contribution >= 0.6 is 0 Å². The Morgan fingerprint density at radius 3 is 2.68 bits per heavy atom. The van der Waals surface area contributed by atoms with Gasteiger partial charge in [-0.15, -0.1) is 0 Å². The van der Waals surface area contributed by atoms with Gasteiger partial charge in [0.25, 0.3) is 0 Å². The number of rotatable bonds is 6. The van der Waals surface area contributed by atoms with Crippen molar-refractivity contribution in [3.05, 3.63) is 35.6 Å². The second kappa shape index (κ2) is 7.32. The van der Waals surface area contributed by atoms with Crippen LogP contribution in [0.15, 0.2) is 29.3 Å². The Hall–Kier alpha value is -1.63. The first-order chi connectivity index (χ1) is 11.9. The summed E-state index contributed by atoms with van der Waals surface area (Å²) in [7, 11) is -2.86. The zero-order chi connectivity index (χ0) is 17.9. The normalized spacial score (nSPS) is 24.1. The lowest BCUT2D eigenvalue weighted by atomic mass is 9.95. The second-order valence-corrected chi connectivity index (χ2v) is 9.33. The molecule has 2 N–H and O–H groups in total. The summed E-state index contributed by atoms with van der Waals surface area (Å²) >= 11 is 0. The van der Waals surface area contributed by atoms with E-state index in [1.54, 1.807) is 6.07 Å². The number of hydrogen-bond acceptors (Lipinski definition) is 3. The molecular formula is C18H26FN3O2S. The summed E-state index contributed by atoms with van der Waals surface area (Å²) in [4.78, 5) is 4.64. The first-order valence-corrected chi connectivity index (χ1v) is 10.7. The van der Waals surface area contributed by atoms with E-state index in [4.69, 9.17) is 0 Å². The largest absolute Gasteiger partial charge is 0.357 e. The Labute approximate surface area is 149 Å². The molecule has 0 radical (unpaired) electrons. The first kappa shape index (κ1) is 18.2. The van der Waals surface area contributed by atoms with Crippen molar-refractivity contribution in [2.75, 3.05) is 31.1 Å². The molecule has 25 heavy (non-hydrogen) atoms. The van der Waals surface area contributed by atoms with Crippen LogP contribution in [0.4, 0.5) is 4.39 Å². The molecule has 0 bridgehead atoms. The molecule has 1 heterocycles. The minimum atomic E-state index is -2.86. The van der Waals surface area contributed by atoms with E-state index in [9.17, 15) is 12.8 Å². The molecular weight excluding hydrogens is 341 g/mol. The Kier molecular flexibility index (Phi) is 5.32. The predicted octanol–water partition coefficient (Wildman–Crippen LogP) is 1.85. The summed E-state index contributed by atoms with van der Waals surface area (Å²) in [6.07, 6.45) is 2.59. The molecule has 1 atom stereocenters. The highest BCUT2D eigenvalue weighted by atomic mass is 32.2. The molecule has 3 rings (SSSR count). The number of nitrogens with one attached hydrogen (secondary N) is 2. The quantitative estimate of drug-likeness (QED) is 0.595. The van der Waals surface area contributed by atoms with E-state index < -0.39 is 9.84 Å². The van der Waals surface area contributed by atoms with Crippen LogP contribution in [0.2, 0.25) is 0 Å². The summed E-state index contributed by atoms with van der Waals surface area (Å²) in [5, 5.41) is 6.44. The van der Waals surface area contributed by atoms with Crippen molar-refractivity contribution in [3.63, 3.8) is 0 Å². The van der Waals surface area contributed by atoms with Crippen LogP contribution in [0.3, 0.4) is 0 Å². The first-order valence-electron chi connectivity index (χ1n) is 8.92. The van der Waals surface area contributed by atoms with Gasteiger partial charge in [0.2, 0.25) is 0 Å². The molecule has 2 aliphatic rings. The van der Waals surface area contributed by atoms with E-state index in [0.29, 0.717) is 25.5 Å². The zero-order valence-corrected chi connectivity index (χ0v) is 15.4. The molecule has 1 aliphatic heterocycles. The topological polar surface area (TPSA) is 70.6 Å². The van der Waals surface area contributed by atoms with Gasteiger partial charge < -0.3 is 10.6 Å². The molecule has 1 aliphatic carbocycles. The fourth-order valence-electron chi connectivity index (χ4n) is 3.40. The summed E-state index contributed by atoms with van der Waals surface area (Å²) in [5.74, 6) is 1.18. The zero-order valence-electron chi connectivity index (χ0n) is 14.6. The summed E-state index contributed by atoms with van der Waals surface area (Å²) in [5.41, 5.74) is 0.557. The number of sulfone groups is 1. The molecule has 0 spiro atoms. The van der Waals surface area contributed by atoms with Gasteiger partial charge in [-0.3, -0.25) is 4.99 Å². The minimum absolute atomic E-state index is 0.135. The fourth-order valence-corrected chi connectivity index (χ4v) is 5.26. The van der Waals surface area contributed by atoms with Crippen LogP contribution in [0, 0.1) is 11.7 Å².